The van der Waals surface area contributed by atoms with E-state index in [1.165, 1.54) is 5.57 Å². The lowest BCUT2D eigenvalue weighted by Gasteiger charge is -2.05. The Hall–Kier alpha value is -1.05. The van der Waals surface area contributed by atoms with E-state index in [0.717, 1.165) is 30.4 Å². The summed E-state index contributed by atoms with van der Waals surface area (Å²) in [7, 11) is 0. The molecule has 2 nitrogen and oxygen atoms in total. The number of carbonyl (C=O) groups is 1. The summed E-state index contributed by atoms with van der Waals surface area (Å²) < 4.78 is 0. The van der Waals surface area contributed by atoms with Gasteiger partial charge in [-0.15, -0.1) is 0 Å². The predicted molar refractivity (Wildman–Crippen MR) is 54.4 cm³/mol. The number of hydrogen-bond donors (Lipinski definition) is 1. The highest BCUT2D eigenvalue weighted by atomic mass is 16.1. The molecular weight excluding hydrogens is 162 g/mol. The standard InChI is InChI=1S/C11H17NO/c1-8(2)7-12-11(13)10-6-4-5-9(10)3/h1,4-7H2,2-3H3,(H,12,13). The molecule has 1 aliphatic carbocycles. The second kappa shape index (κ2) is 4.26. The van der Waals surface area contributed by atoms with Gasteiger partial charge in [0.05, 0.1) is 0 Å². The summed E-state index contributed by atoms with van der Waals surface area (Å²) in [5, 5.41) is 2.86. The first kappa shape index (κ1) is 10.0. The zero-order valence-electron chi connectivity index (χ0n) is 8.44. The molecule has 2 heteroatoms. The van der Waals surface area contributed by atoms with E-state index in [1.54, 1.807) is 0 Å². The average molecular weight is 179 g/mol. The molecule has 1 aliphatic rings. The van der Waals surface area contributed by atoms with Crippen LogP contribution in [0.3, 0.4) is 0 Å². The van der Waals surface area contributed by atoms with Crippen molar-refractivity contribution in [2.24, 2.45) is 0 Å². The van der Waals surface area contributed by atoms with E-state index in [-0.39, 0.29) is 5.91 Å². The van der Waals surface area contributed by atoms with Gasteiger partial charge in [-0.05, 0) is 33.1 Å². The Balaban J connectivity index is 2.48. The highest BCUT2D eigenvalue weighted by Gasteiger charge is 2.16. The molecule has 0 aromatic rings. The minimum Gasteiger partial charge on any atom is -0.349 e. The van der Waals surface area contributed by atoms with Gasteiger partial charge < -0.3 is 5.32 Å². The van der Waals surface area contributed by atoms with E-state index in [4.69, 9.17) is 0 Å². The van der Waals surface area contributed by atoms with Crippen LogP contribution in [-0.2, 0) is 4.79 Å². The van der Waals surface area contributed by atoms with Crippen molar-refractivity contribution in [3.05, 3.63) is 23.3 Å². The SMILES string of the molecule is C=C(C)CNC(=O)C1=C(C)CCC1. The zero-order valence-corrected chi connectivity index (χ0v) is 8.44. The van der Waals surface area contributed by atoms with Gasteiger partial charge in [-0.25, -0.2) is 0 Å². The van der Waals surface area contributed by atoms with E-state index < -0.39 is 0 Å². The quantitative estimate of drug-likeness (QED) is 0.661. The molecule has 1 amide bonds. The first-order valence-electron chi connectivity index (χ1n) is 4.72. The molecule has 0 heterocycles. The lowest BCUT2D eigenvalue weighted by Crippen LogP contribution is -2.26. The summed E-state index contributed by atoms with van der Waals surface area (Å²) in [5.41, 5.74) is 3.23. The summed E-state index contributed by atoms with van der Waals surface area (Å²) in [4.78, 5) is 11.6. The molecule has 1 rings (SSSR count). The molecule has 1 N–H and O–H groups in total. The van der Waals surface area contributed by atoms with Gasteiger partial charge in [0.15, 0.2) is 0 Å². The minimum absolute atomic E-state index is 0.0954. The Kier molecular flexibility index (Phi) is 3.29. The molecule has 13 heavy (non-hydrogen) atoms. The molecule has 0 bridgehead atoms. The molecule has 0 aromatic carbocycles. The van der Waals surface area contributed by atoms with Gasteiger partial charge in [-0.1, -0.05) is 17.7 Å². The Morgan fingerprint density at radius 1 is 1.54 bits per heavy atom. The second-order valence-electron chi connectivity index (χ2n) is 3.75. The fourth-order valence-corrected chi connectivity index (χ4v) is 1.54. The van der Waals surface area contributed by atoms with Gasteiger partial charge in [0.25, 0.3) is 0 Å². The van der Waals surface area contributed by atoms with E-state index in [2.05, 4.69) is 11.9 Å². The van der Waals surface area contributed by atoms with Crippen molar-refractivity contribution >= 4 is 5.91 Å². The van der Waals surface area contributed by atoms with Crippen LogP contribution in [0.1, 0.15) is 33.1 Å². The molecular formula is C11H17NO. The van der Waals surface area contributed by atoms with Crippen LogP contribution < -0.4 is 5.32 Å². The van der Waals surface area contributed by atoms with Crippen LogP contribution in [0.2, 0.25) is 0 Å². The van der Waals surface area contributed by atoms with Crippen LogP contribution in [0.5, 0.6) is 0 Å². The molecule has 0 fully saturated rings. The fourth-order valence-electron chi connectivity index (χ4n) is 1.54. The number of amides is 1. The number of carbonyl (C=O) groups excluding carboxylic acids is 1. The maximum absolute atomic E-state index is 11.6. The van der Waals surface area contributed by atoms with Crippen molar-refractivity contribution in [3.8, 4) is 0 Å². The highest BCUT2D eigenvalue weighted by Crippen LogP contribution is 2.25. The van der Waals surface area contributed by atoms with Crippen LogP contribution in [0.15, 0.2) is 23.3 Å². The molecule has 0 spiro atoms. The van der Waals surface area contributed by atoms with Crippen LogP contribution in [0.25, 0.3) is 0 Å². The van der Waals surface area contributed by atoms with Crippen molar-refractivity contribution in [1.82, 2.24) is 5.32 Å². The van der Waals surface area contributed by atoms with Crippen molar-refractivity contribution in [2.75, 3.05) is 6.54 Å². The van der Waals surface area contributed by atoms with E-state index >= 15 is 0 Å². The van der Waals surface area contributed by atoms with Crippen molar-refractivity contribution in [3.63, 3.8) is 0 Å². The van der Waals surface area contributed by atoms with Crippen LogP contribution in [0.4, 0.5) is 0 Å². The third kappa shape index (κ3) is 2.72. The molecule has 0 radical (unpaired) electrons. The zero-order chi connectivity index (χ0) is 9.84. The van der Waals surface area contributed by atoms with Crippen molar-refractivity contribution in [1.29, 1.82) is 0 Å². The Morgan fingerprint density at radius 3 is 2.69 bits per heavy atom. The lowest BCUT2D eigenvalue weighted by molar-refractivity contribution is -0.117. The second-order valence-corrected chi connectivity index (χ2v) is 3.75. The maximum Gasteiger partial charge on any atom is 0.247 e. The predicted octanol–water partition coefficient (Wildman–Crippen LogP) is 2.18. The topological polar surface area (TPSA) is 29.1 Å². The smallest absolute Gasteiger partial charge is 0.247 e. The Labute approximate surface area is 79.7 Å². The van der Waals surface area contributed by atoms with Gasteiger partial charge in [0, 0.05) is 12.1 Å². The van der Waals surface area contributed by atoms with Gasteiger partial charge in [-0.3, -0.25) is 4.79 Å². The van der Waals surface area contributed by atoms with Gasteiger partial charge in [0.2, 0.25) is 5.91 Å². The Morgan fingerprint density at radius 2 is 2.23 bits per heavy atom. The van der Waals surface area contributed by atoms with Crippen LogP contribution >= 0.6 is 0 Å². The van der Waals surface area contributed by atoms with Crippen molar-refractivity contribution in [2.45, 2.75) is 33.1 Å². The molecule has 0 aromatic heterocycles. The molecule has 0 aliphatic heterocycles. The summed E-state index contributed by atoms with van der Waals surface area (Å²) in [6.07, 6.45) is 3.14. The Bertz CT molecular complexity index is 263. The van der Waals surface area contributed by atoms with Gasteiger partial charge in [-0.2, -0.15) is 0 Å². The van der Waals surface area contributed by atoms with E-state index in [9.17, 15) is 4.79 Å². The number of nitrogens with one attached hydrogen (secondary N) is 1. The largest absolute Gasteiger partial charge is 0.349 e. The normalized spacial score (nSPS) is 16.2. The third-order valence-electron chi connectivity index (χ3n) is 2.32. The lowest BCUT2D eigenvalue weighted by atomic mass is 10.1. The van der Waals surface area contributed by atoms with Gasteiger partial charge in [0.1, 0.15) is 0 Å². The molecule has 0 saturated heterocycles. The third-order valence-corrected chi connectivity index (χ3v) is 2.32. The van der Waals surface area contributed by atoms with Crippen LogP contribution in [0, 0.1) is 0 Å². The summed E-state index contributed by atoms with van der Waals surface area (Å²) in [5.74, 6) is 0.0954. The number of rotatable bonds is 3. The first-order valence-corrected chi connectivity index (χ1v) is 4.72. The molecule has 72 valence electrons. The van der Waals surface area contributed by atoms with E-state index in [0.29, 0.717) is 6.54 Å². The average Bonchev–Trinajstić information content (AvgIpc) is 2.47. The summed E-state index contributed by atoms with van der Waals surface area (Å²) in [6, 6.07) is 0. The number of allylic oxidation sites excluding steroid dienone is 1. The van der Waals surface area contributed by atoms with E-state index in [1.807, 2.05) is 13.8 Å². The molecule has 0 saturated carbocycles. The van der Waals surface area contributed by atoms with Gasteiger partial charge >= 0.3 is 0 Å². The monoisotopic (exact) mass is 179 g/mol. The minimum atomic E-state index is 0.0954. The fraction of sp³-hybridized carbons (Fsp3) is 0.545. The summed E-state index contributed by atoms with van der Waals surface area (Å²) >= 11 is 0. The maximum atomic E-state index is 11.6. The molecule has 0 atom stereocenters. The highest BCUT2D eigenvalue weighted by molar-refractivity contribution is 5.94. The van der Waals surface area contributed by atoms with Crippen molar-refractivity contribution < 1.29 is 4.79 Å². The first-order chi connectivity index (χ1) is 6.11. The number of hydrogen-bond acceptors (Lipinski definition) is 1. The summed E-state index contributed by atoms with van der Waals surface area (Å²) in [6.45, 7) is 8.29. The molecule has 0 unspecified atom stereocenters. The van der Waals surface area contributed by atoms with Crippen LogP contribution in [-0.4, -0.2) is 12.5 Å².